The summed E-state index contributed by atoms with van der Waals surface area (Å²) in [6.45, 7) is 6.76. The SMILES string of the molecule is CC1(C)C(NC(=O)c2cnn3ncccc23)C2CCN1CC2. The van der Waals surface area contributed by atoms with Gasteiger partial charge in [-0.3, -0.25) is 9.69 Å². The largest absolute Gasteiger partial charge is 0.347 e. The molecule has 6 nitrogen and oxygen atoms in total. The van der Waals surface area contributed by atoms with Gasteiger partial charge in [-0.2, -0.15) is 14.8 Å². The molecule has 1 unspecified atom stereocenters. The van der Waals surface area contributed by atoms with Gasteiger partial charge in [0.05, 0.1) is 11.8 Å². The van der Waals surface area contributed by atoms with Gasteiger partial charge in [-0.1, -0.05) is 0 Å². The van der Waals surface area contributed by atoms with E-state index in [-0.39, 0.29) is 17.5 Å². The minimum atomic E-state index is -0.0465. The number of hydrogen-bond acceptors (Lipinski definition) is 4. The van der Waals surface area contributed by atoms with Gasteiger partial charge < -0.3 is 5.32 Å². The number of fused-ring (bicyclic) bond motifs is 4. The summed E-state index contributed by atoms with van der Waals surface area (Å²) in [5, 5.41) is 11.5. The van der Waals surface area contributed by atoms with Crippen molar-refractivity contribution in [2.45, 2.75) is 38.3 Å². The number of amides is 1. The molecule has 5 heterocycles. The van der Waals surface area contributed by atoms with E-state index in [1.54, 1.807) is 12.4 Å². The van der Waals surface area contributed by atoms with E-state index < -0.39 is 0 Å². The summed E-state index contributed by atoms with van der Waals surface area (Å²) in [7, 11) is 0. The molecule has 0 saturated carbocycles. The predicted octanol–water partition coefficient (Wildman–Crippen LogP) is 1.33. The van der Waals surface area contributed by atoms with Gasteiger partial charge in [0.2, 0.25) is 0 Å². The van der Waals surface area contributed by atoms with E-state index in [0.29, 0.717) is 11.5 Å². The second-order valence-electron chi connectivity index (χ2n) is 6.89. The first kappa shape index (κ1) is 13.7. The van der Waals surface area contributed by atoms with E-state index in [1.807, 2.05) is 12.1 Å². The molecule has 3 aliphatic rings. The number of rotatable bonds is 2. The third-order valence-corrected chi connectivity index (χ3v) is 5.42. The molecule has 0 spiro atoms. The maximum atomic E-state index is 12.7. The lowest BCUT2D eigenvalue weighted by Crippen LogP contribution is -2.69. The maximum absolute atomic E-state index is 12.7. The van der Waals surface area contributed by atoms with E-state index >= 15 is 0 Å². The lowest BCUT2D eigenvalue weighted by Gasteiger charge is -2.56. The Morgan fingerprint density at radius 1 is 1.32 bits per heavy atom. The zero-order valence-electron chi connectivity index (χ0n) is 13.0. The third-order valence-electron chi connectivity index (χ3n) is 5.42. The van der Waals surface area contributed by atoms with Crippen LogP contribution in [0.1, 0.15) is 37.0 Å². The van der Waals surface area contributed by atoms with Crippen molar-refractivity contribution in [3.05, 3.63) is 30.1 Å². The first-order valence-electron chi connectivity index (χ1n) is 7.92. The summed E-state index contributed by atoms with van der Waals surface area (Å²) in [4.78, 5) is 15.2. The highest BCUT2D eigenvalue weighted by Gasteiger charge is 2.48. The zero-order valence-corrected chi connectivity index (χ0v) is 13.0. The van der Waals surface area contributed by atoms with Gasteiger partial charge in [-0.25, -0.2) is 0 Å². The molecule has 3 saturated heterocycles. The molecule has 3 aliphatic heterocycles. The predicted molar refractivity (Wildman–Crippen MR) is 82.6 cm³/mol. The van der Waals surface area contributed by atoms with E-state index in [4.69, 9.17) is 0 Å². The number of piperidine rings is 3. The molecule has 22 heavy (non-hydrogen) atoms. The fourth-order valence-corrected chi connectivity index (χ4v) is 4.10. The van der Waals surface area contributed by atoms with Crippen LogP contribution in [-0.2, 0) is 0 Å². The maximum Gasteiger partial charge on any atom is 0.255 e. The van der Waals surface area contributed by atoms with E-state index in [0.717, 1.165) is 18.6 Å². The van der Waals surface area contributed by atoms with Gasteiger partial charge in [0.15, 0.2) is 0 Å². The van der Waals surface area contributed by atoms with Crippen molar-refractivity contribution in [2.24, 2.45) is 5.92 Å². The number of nitrogens with zero attached hydrogens (tertiary/aromatic N) is 4. The topological polar surface area (TPSA) is 62.5 Å². The molecule has 2 aromatic rings. The second-order valence-corrected chi connectivity index (χ2v) is 6.89. The van der Waals surface area contributed by atoms with Gasteiger partial charge >= 0.3 is 0 Å². The summed E-state index contributed by atoms with van der Waals surface area (Å²) in [6, 6.07) is 3.89. The molecule has 116 valence electrons. The van der Waals surface area contributed by atoms with Crippen molar-refractivity contribution in [2.75, 3.05) is 13.1 Å². The molecule has 2 bridgehead atoms. The Kier molecular flexibility index (Phi) is 2.97. The molecule has 1 atom stereocenters. The summed E-state index contributed by atoms with van der Waals surface area (Å²) in [5.74, 6) is 0.527. The highest BCUT2D eigenvalue weighted by molar-refractivity contribution is 6.00. The van der Waals surface area contributed by atoms with Crippen LogP contribution in [0.4, 0.5) is 0 Å². The number of hydrogen-bond donors (Lipinski definition) is 1. The van der Waals surface area contributed by atoms with Crippen molar-refractivity contribution in [3.8, 4) is 0 Å². The van der Waals surface area contributed by atoms with E-state index in [1.165, 1.54) is 17.5 Å². The van der Waals surface area contributed by atoms with Gasteiger partial charge in [0.25, 0.3) is 5.91 Å². The average molecular weight is 299 g/mol. The first-order valence-corrected chi connectivity index (χ1v) is 7.92. The average Bonchev–Trinajstić information content (AvgIpc) is 2.95. The monoisotopic (exact) mass is 299 g/mol. The molecule has 5 rings (SSSR count). The Morgan fingerprint density at radius 2 is 2.09 bits per heavy atom. The van der Waals surface area contributed by atoms with E-state index in [9.17, 15) is 4.79 Å². The summed E-state index contributed by atoms with van der Waals surface area (Å²) < 4.78 is 1.50. The normalized spacial score (nSPS) is 29.6. The molecule has 0 aliphatic carbocycles. The number of nitrogens with one attached hydrogen (secondary N) is 1. The van der Waals surface area contributed by atoms with Gasteiger partial charge in [0.1, 0.15) is 5.52 Å². The Bertz CT molecular complexity index is 714. The fraction of sp³-hybridized carbons (Fsp3) is 0.562. The Balaban J connectivity index is 1.62. The Morgan fingerprint density at radius 3 is 2.82 bits per heavy atom. The molecule has 2 aromatic heterocycles. The standard InChI is InChI=1S/C16H21N5O/c1-16(2)14(11-5-8-20(16)9-6-11)19-15(22)12-10-18-21-13(12)4-3-7-17-21/h3-4,7,10-11,14H,5-6,8-9H2,1-2H3,(H,19,22). The highest BCUT2D eigenvalue weighted by atomic mass is 16.1. The second kappa shape index (κ2) is 4.78. The van der Waals surface area contributed by atoms with Crippen LogP contribution in [0.25, 0.3) is 5.52 Å². The van der Waals surface area contributed by atoms with Crippen molar-refractivity contribution < 1.29 is 4.79 Å². The number of aromatic nitrogens is 3. The fourth-order valence-electron chi connectivity index (χ4n) is 4.10. The van der Waals surface area contributed by atoms with Crippen LogP contribution in [0.3, 0.4) is 0 Å². The smallest absolute Gasteiger partial charge is 0.255 e. The molecule has 1 amide bonds. The Hall–Kier alpha value is -1.95. The van der Waals surface area contributed by atoms with Crippen molar-refractivity contribution in [1.29, 1.82) is 0 Å². The molecule has 6 heteroatoms. The van der Waals surface area contributed by atoms with Crippen molar-refractivity contribution in [1.82, 2.24) is 25.0 Å². The summed E-state index contributed by atoms with van der Waals surface area (Å²) in [6.07, 6.45) is 5.61. The van der Waals surface area contributed by atoms with Crippen LogP contribution in [0.2, 0.25) is 0 Å². The minimum absolute atomic E-state index is 0.0119. The molecular weight excluding hydrogens is 278 g/mol. The molecule has 3 fully saturated rings. The van der Waals surface area contributed by atoms with Crippen LogP contribution in [0.15, 0.2) is 24.5 Å². The summed E-state index contributed by atoms with van der Waals surface area (Å²) >= 11 is 0. The van der Waals surface area contributed by atoms with Gasteiger partial charge in [0, 0.05) is 17.8 Å². The molecule has 1 N–H and O–H groups in total. The lowest BCUT2D eigenvalue weighted by molar-refractivity contribution is -0.0377. The quantitative estimate of drug-likeness (QED) is 0.909. The van der Waals surface area contributed by atoms with Crippen LogP contribution in [0, 0.1) is 5.92 Å². The number of carbonyl (C=O) groups excluding carboxylic acids is 1. The molecule has 0 radical (unpaired) electrons. The van der Waals surface area contributed by atoms with Gasteiger partial charge in [-0.15, -0.1) is 0 Å². The first-order chi connectivity index (χ1) is 10.6. The molecule has 0 aromatic carbocycles. The van der Waals surface area contributed by atoms with Gasteiger partial charge in [-0.05, 0) is 57.8 Å². The van der Waals surface area contributed by atoms with Crippen molar-refractivity contribution >= 4 is 11.4 Å². The Labute approximate surface area is 129 Å². The third kappa shape index (κ3) is 1.94. The van der Waals surface area contributed by atoms with Crippen LogP contribution >= 0.6 is 0 Å². The van der Waals surface area contributed by atoms with Crippen LogP contribution in [0.5, 0.6) is 0 Å². The van der Waals surface area contributed by atoms with E-state index in [2.05, 4.69) is 34.3 Å². The van der Waals surface area contributed by atoms with Crippen LogP contribution < -0.4 is 5.32 Å². The lowest BCUT2D eigenvalue weighted by atomic mass is 9.72. The highest BCUT2D eigenvalue weighted by Crippen LogP contribution is 2.39. The van der Waals surface area contributed by atoms with Crippen LogP contribution in [-0.4, -0.2) is 50.3 Å². The number of carbonyl (C=O) groups is 1. The molecular formula is C16H21N5O. The van der Waals surface area contributed by atoms with Crippen molar-refractivity contribution in [3.63, 3.8) is 0 Å². The summed E-state index contributed by atoms with van der Waals surface area (Å²) in [5.41, 5.74) is 1.36. The zero-order chi connectivity index (χ0) is 15.3. The minimum Gasteiger partial charge on any atom is -0.347 e.